The molecule has 1 aliphatic rings. The van der Waals surface area contributed by atoms with Gasteiger partial charge in [0.25, 0.3) is 0 Å². The van der Waals surface area contributed by atoms with Gasteiger partial charge >= 0.3 is 0 Å². The Hall–Kier alpha value is -3.29. The van der Waals surface area contributed by atoms with Gasteiger partial charge in [-0.2, -0.15) is 5.10 Å². The first-order chi connectivity index (χ1) is 14.0. The van der Waals surface area contributed by atoms with Crippen molar-refractivity contribution in [3.63, 3.8) is 0 Å². The van der Waals surface area contributed by atoms with Gasteiger partial charge in [0.05, 0.1) is 11.6 Å². The van der Waals surface area contributed by atoms with Gasteiger partial charge in [-0.05, 0) is 57.0 Å². The lowest BCUT2D eigenvalue weighted by Crippen LogP contribution is -2.41. The summed E-state index contributed by atoms with van der Waals surface area (Å²) in [6, 6.07) is 9.71. The fraction of sp³-hybridized carbons (Fsp3) is 0.333. The van der Waals surface area contributed by atoms with E-state index in [-0.39, 0.29) is 17.6 Å². The molecule has 3 heterocycles. The third-order valence-electron chi connectivity index (χ3n) is 5.09. The number of rotatable bonds is 4. The number of anilines is 2. The van der Waals surface area contributed by atoms with Gasteiger partial charge in [-0.15, -0.1) is 0 Å². The number of amides is 1. The number of hydrogen-bond acceptors (Lipinski definition) is 5. The number of carbonyl (C=O) groups excluding carboxylic acids is 1. The van der Waals surface area contributed by atoms with Crippen LogP contribution in [-0.2, 0) is 4.79 Å². The molecule has 0 bridgehead atoms. The van der Waals surface area contributed by atoms with Crippen LogP contribution in [0, 0.1) is 25.6 Å². The first-order valence-electron chi connectivity index (χ1n) is 9.66. The molecule has 0 radical (unpaired) electrons. The van der Waals surface area contributed by atoms with Crippen molar-refractivity contribution in [3.8, 4) is 5.82 Å². The lowest BCUT2D eigenvalue weighted by atomic mass is 9.97. The lowest BCUT2D eigenvalue weighted by molar-refractivity contribution is -0.120. The van der Waals surface area contributed by atoms with Crippen LogP contribution in [0.15, 0.2) is 42.7 Å². The molecule has 1 atom stereocenters. The molecule has 4 rings (SSSR count). The van der Waals surface area contributed by atoms with E-state index in [9.17, 15) is 9.18 Å². The Kier molecular flexibility index (Phi) is 5.24. The molecular weight excluding hydrogens is 371 g/mol. The molecule has 1 fully saturated rings. The summed E-state index contributed by atoms with van der Waals surface area (Å²) < 4.78 is 14.9. The summed E-state index contributed by atoms with van der Waals surface area (Å²) >= 11 is 0. The minimum absolute atomic E-state index is 0.0610. The van der Waals surface area contributed by atoms with E-state index in [1.54, 1.807) is 16.8 Å². The van der Waals surface area contributed by atoms with Crippen molar-refractivity contribution in [3.05, 3.63) is 59.9 Å². The third kappa shape index (κ3) is 4.26. The van der Waals surface area contributed by atoms with Crippen molar-refractivity contribution >= 4 is 17.4 Å². The van der Waals surface area contributed by atoms with Gasteiger partial charge in [-0.3, -0.25) is 4.79 Å². The maximum absolute atomic E-state index is 13.1. The van der Waals surface area contributed by atoms with Crippen LogP contribution in [0.25, 0.3) is 5.82 Å². The van der Waals surface area contributed by atoms with Gasteiger partial charge in [-0.1, -0.05) is 0 Å². The minimum Gasteiger partial charge on any atom is -0.356 e. The molecule has 0 saturated carbocycles. The molecule has 3 aromatic rings. The molecule has 0 aliphatic carbocycles. The van der Waals surface area contributed by atoms with Crippen LogP contribution in [0.1, 0.15) is 24.2 Å². The maximum atomic E-state index is 13.1. The van der Waals surface area contributed by atoms with Crippen LogP contribution < -0.4 is 10.2 Å². The Morgan fingerprint density at radius 3 is 2.62 bits per heavy atom. The van der Waals surface area contributed by atoms with Gasteiger partial charge < -0.3 is 10.2 Å². The number of nitrogens with zero attached hydrogens (tertiary/aromatic N) is 5. The summed E-state index contributed by atoms with van der Waals surface area (Å²) in [5.74, 6) is 0.935. The molecule has 2 aromatic heterocycles. The number of piperidine rings is 1. The summed E-state index contributed by atoms with van der Waals surface area (Å²) in [5.41, 5.74) is 2.53. The Bertz CT molecular complexity index is 1020. The average Bonchev–Trinajstić information content (AvgIpc) is 3.08. The highest BCUT2D eigenvalue weighted by molar-refractivity contribution is 5.93. The minimum atomic E-state index is -0.325. The molecular formula is C21H23FN6O. The second-order valence-electron chi connectivity index (χ2n) is 7.35. The number of nitrogens with one attached hydrogen (secondary N) is 1. The quantitative estimate of drug-likeness (QED) is 0.735. The first kappa shape index (κ1) is 19.0. The largest absolute Gasteiger partial charge is 0.356 e. The highest BCUT2D eigenvalue weighted by Crippen LogP contribution is 2.24. The van der Waals surface area contributed by atoms with Crippen molar-refractivity contribution in [2.45, 2.75) is 26.7 Å². The van der Waals surface area contributed by atoms with E-state index in [0.29, 0.717) is 18.1 Å². The number of carbonyl (C=O) groups is 1. The van der Waals surface area contributed by atoms with Crippen LogP contribution >= 0.6 is 0 Å². The summed E-state index contributed by atoms with van der Waals surface area (Å²) in [6.45, 7) is 5.33. The number of aryl methyl sites for hydroxylation is 2. The molecule has 8 heteroatoms. The van der Waals surface area contributed by atoms with Gasteiger partial charge in [0.1, 0.15) is 18.0 Å². The van der Waals surface area contributed by atoms with E-state index in [1.807, 2.05) is 26.0 Å². The number of benzene rings is 1. The Balaban J connectivity index is 1.48. The van der Waals surface area contributed by atoms with Crippen LogP contribution in [0.4, 0.5) is 15.9 Å². The van der Waals surface area contributed by atoms with Crippen molar-refractivity contribution in [1.82, 2.24) is 19.7 Å². The molecule has 150 valence electrons. The average molecular weight is 394 g/mol. The zero-order chi connectivity index (χ0) is 20.4. The third-order valence-corrected chi connectivity index (χ3v) is 5.09. The highest BCUT2D eigenvalue weighted by Gasteiger charge is 2.27. The fourth-order valence-electron chi connectivity index (χ4n) is 3.66. The lowest BCUT2D eigenvalue weighted by Gasteiger charge is -2.32. The summed E-state index contributed by atoms with van der Waals surface area (Å²) in [4.78, 5) is 23.6. The van der Waals surface area contributed by atoms with E-state index in [4.69, 9.17) is 0 Å². The van der Waals surface area contributed by atoms with E-state index in [1.165, 1.54) is 18.5 Å². The molecule has 7 nitrogen and oxygen atoms in total. The van der Waals surface area contributed by atoms with E-state index >= 15 is 0 Å². The van der Waals surface area contributed by atoms with E-state index in [0.717, 1.165) is 36.6 Å². The predicted molar refractivity (Wildman–Crippen MR) is 109 cm³/mol. The van der Waals surface area contributed by atoms with Crippen LogP contribution in [-0.4, -0.2) is 38.7 Å². The van der Waals surface area contributed by atoms with E-state index < -0.39 is 0 Å². The normalized spacial score (nSPS) is 16.7. The monoisotopic (exact) mass is 394 g/mol. The number of aromatic nitrogens is 4. The molecule has 1 aliphatic heterocycles. The Morgan fingerprint density at radius 1 is 1.14 bits per heavy atom. The SMILES string of the molecule is Cc1cc(C)n(-c2cc(N3CCCC(C(=O)Nc4ccc(F)cc4)C3)ncn2)n1. The van der Waals surface area contributed by atoms with Crippen molar-refractivity contribution in [2.75, 3.05) is 23.3 Å². The second kappa shape index (κ2) is 7.98. The smallest absolute Gasteiger partial charge is 0.229 e. The topological polar surface area (TPSA) is 75.9 Å². The van der Waals surface area contributed by atoms with Gasteiger partial charge in [0, 0.05) is 30.5 Å². The molecule has 0 spiro atoms. The van der Waals surface area contributed by atoms with Crippen molar-refractivity contribution in [1.29, 1.82) is 0 Å². The van der Waals surface area contributed by atoms with Crippen LogP contribution in [0.2, 0.25) is 0 Å². The van der Waals surface area contributed by atoms with Crippen LogP contribution in [0.3, 0.4) is 0 Å². The Labute approximate surface area is 168 Å². The highest BCUT2D eigenvalue weighted by atomic mass is 19.1. The summed E-state index contributed by atoms with van der Waals surface area (Å²) in [7, 11) is 0. The van der Waals surface area contributed by atoms with Crippen LogP contribution in [0.5, 0.6) is 0 Å². The second-order valence-corrected chi connectivity index (χ2v) is 7.35. The van der Waals surface area contributed by atoms with Gasteiger partial charge in [-0.25, -0.2) is 19.0 Å². The van der Waals surface area contributed by atoms with Gasteiger partial charge in [0.2, 0.25) is 5.91 Å². The summed E-state index contributed by atoms with van der Waals surface area (Å²) in [5, 5.41) is 7.36. The predicted octanol–water partition coefficient (Wildman–Crippen LogP) is 3.27. The van der Waals surface area contributed by atoms with Crippen molar-refractivity contribution < 1.29 is 9.18 Å². The molecule has 1 aromatic carbocycles. The first-order valence-corrected chi connectivity index (χ1v) is 9.66. The number of halogens is 1. The van der Waals surface area contributed by atoms with Gasteiger partial charge in [0.15, 0.2) is 5.82 Å². The standard InChI is InChI=1S/C21H23FN6O/c1-14-10-15(2)28(26-14)20-11-19(23-13-24-20)27-9-3-4-16(12-27)21(29)25-18-7-5-17(22)6-8-18/h5-8,10-11,13,16H,3-4,9,12H2,1-2H3,(H,25,29). The number of hydrogen-bond donors (Lipinski definition) is 1. The Morgan fingerprint density at radius 2 is 1.90 bits per heavy atom. The van der Waals surface area contributed by atoms with E-state index in [2.05, 4.69) is 25.3 Å². The fourth-order valence-corrected chi connectivity index (χ4v) is 3.66. The molecule has 1 amide bonds. The molecule has 1 N–H and O–H groups in total. The summed E-state index contributed by atoms with van der Waals surface area (Å²) in [6.07, 6.45) is 3.23. The maximum Gasteiger partial charge on any atom is 0.229 e. The molecule has 29 heavy (non-hydrogen) atoms. The zero-order valence-electron chi connectivity index (χ0n) is 16.5. The molecule has 1 unspecified atom stereocenters. The zero-order valence-corrected chi connectivity index (χ0v) is 16.5. The van der Waals surface area contributed by atoms with Crippen molar-refractivity contribution in [2.24, 2.45) is 5.92 Å². The molecule has 1 saturated heterocycles.